The molecule has 0 saturated carbocycles. The summed E-state index contributed by atoms with van der Waals surface area (Å²) in [6.45, 7) is 4.02. The number of nitrogens with zero attached hydrogens (tertiary/aromatic N) is 1. The number of likely N-dealkylation sites (tertiary alicyclic amines) is 1. The van der Waals surface area contributed by atoms with Crippen LogP contribution in [0.25, 0.3) is 0 Å². The largest absolute Gasteiger partial charge is 0.481 e. The number of hydrogen-bond acceptors (Lipinski definition) is 3. The molecular formula is C14H25N3O4. The molecule has 1 fully saturated rings. The Morgan fingerprint density at radius 2 is 1.81 bits per heavy atom. The summed E-state index contributed by atoms with van der Waals surface area (Å²) in [6.07, 6.45) is 3.54. The second-order valence-corrected chi connectivity index (χ2v) is 5.52. The lowest BCUT2D eigenvalue weighted by Crippen LogP contribution is -2.43. The number of rotatable bonds is 8. The van der Waals surface area contributed by atoms with E-state index < -0.39 is 5.97 Å². The molecule has 0 bridgehead atoms. The monoisotopic (exact) mass is 299 g/mol. The molecule has 1 aliphatic rings. The van der Waals surface area contributed by atoms with Crippen molar-refractivity contribution in [3.63, 3.8) is 0 Å². The number of amides is 3. The van der Waals surface area contributed by atoms with E-state index in [-0.39, 0.29) is 30.8 Å². The van der Waals surface area contributed by atoms with Gasteiger partial charge in [0.15, 0.2) is 0 Å². The third-order valence-electron chi connectivity index (χ3n) is 3.63. The molecule has 1 heterocycles. The van der Waals surface area contributed by atoms with E-state index in [2.05, 4.69) is 10.6 Å². The van der Waals surface area contributed by atoms with E-state index >= 15 is 0 Å². The van der Waals surface area contributed by atoms with Gasteiger partial charge >= 0.3 is 12.0 Å². The van der Waals surface area contributed by atoms with Crippen molar-refractivity contribution in [3.05, 3.63) is 0 Å². The third-order valence-corrected chi connectivity index (χ3v) is 3.63. The first-order valence-electron chi connectivity index (χ1n) is 7.50. The van der Waals surface area contributed by atoms with Gasteiger partial charge in [0.25, 0.3) is 0 Å². The topological polar surface area (TPSA) is 98.7 Å². The summed E-state index contributed by atoms with van der Waals surface area (Å²) < 4.78 is 0. The minimum atomic E-state index is -0.798. The highest BCUT2D eigenvalue weighted by molar-refractivity contribution is 5.84. The van der Waals surface area contributed by atoms with Crippen molar-refractivity contribution in [1.29, 1.82) is 0 Å². The summed E-state index contributed by atoms with van der Waals surface area (Å²) in [5, 5.41) is 13.8. The maximum atomic E-state index is 11.7. The number of aliphatic carboxylic acids is 1. The molecule has 0 aromatic heterocycles. The molecule has 21 heavy (non-hydrogen) atoms. The smallest absolute Gasteiger partial charge is 0.315 e. The predicted octanol–water partition coefficient (Wildman–Crippen LogP) is 0.799. The van der Waals surface area contributed by atoms with E-state index in [1.165, 1.54) is 0 Å². The molecule has 0 spiro atoms. The highest BCUT2D eigenvalue weighted by Gasteiger charge is 2.17. The summed E-state index contributed by atoms with van der Waals surface area (Å²) in [4.78, 5) is 35.4. The number of carbonyl (C=O) groups excluding carboxylic acids is 2. The Kier molecular flexibility index (Phi) is 7.56. The summed E-state index contributed by atoms with van der Waals surface area (Å²) in [7, 11) is 0. The van der Waals surface area contributed by atoms with Crippen LogP contribution < -0.4 is 10.6 Å². The van der Waals surface area contributed by atoms with Crippen molar-refractivity contribution in [2.24, 2.45) is 5.92 Å². The first kappa shape index (κ1) is 17.3. The lowest BCUT2D eigenvalue weighted by molar-refractivity contribution is -0.137. The van der Waals surface area contributed by atoms with E-state index in [0.29, 0.717) is 13.0 Å². The molecule has 0 radical (unpaired) electrons. The number of carboxylic acid groups (broad SMARTS) is 1. The van der Waals surface area contributed by atoms with Crippen LogP contribution in [0.1, 0.15) is 39.0 Å². The van der Waals surface area contributed by atoms with Gasteiger partial charge in [-0.1, -0.05) is 6.92 Å². The quantitative estimate of drug-likeness (QED) is 0.617. The van der Waals surface area contributed by atoms with Crippen molar-refractivity contribution >= 4 is 17.9 Å². The summed E-state index contributed by atoms with van der Waals surface area (Å²) in [5.41, 5.74) is 0. The van der Waals surface area contributed by atoms with Gasteiger partial charge < -0.3 is 20.6 Å². The molecule has 7 nitrogen and oxygen atoms in total. The lowest BCUT2D eigenvalue weighted by Gasteiger charge is -2.16. The molecule has 1 unspecified atom stereocenters. The Bertz CT molecular complexity index is 367. The molecule has 1 rings (SSSR count). The van der Waals surface area contributed by atoms with Crippen LogP contribution in [0.2, 0.25) is 0 Å². The number of carboxylic acids is 1. The van der Waals surface area contributed by atoms with E-state index in [4.69, 9.17) is 5.11 Å². The van der Waals surface area contributed by atoms with Crippen LogP contribution in [0, 0.1) is 5.92 Å². The standard InChI is InChI=1S/C14H25N3O4/c1-11(4-5-13(19)20)6-7-15-14(21)16-10-12(18)17-8-2-3-9-17/h11H,2-10H2,1H3,(H,19,20)(H2,15,16,21). The fourth-order valence-corrected chi connectivity index (χ4v) is 2.24. The van der Waals surface area contributed by atoms with Gasteiger partial charge in [-0.3, -0.25) is 9.59 Å². The average molecular weight is 299 g/mol. The van der Waals surface area contributed by atoms with Gasteiger partial charge in [-0.05, 0) is 31.6 Å². The van der Waals surface area contributed by atoms with Crippen LogP contribution in [-0.2, 0) is 9.59 Å². The van der Waals surface area contributed by atoms with Gasteiger partial charge in [0.05, 0.1) is 6.54 Å². The zero-order chi connectivity index (χ0) is 15.7. The van der Waals surface area contributed by atoms with Crippen molar-refractivity contribution in [1.82, 2.24) is 15.5 Å². The predicted molar refractivity (Wildman–Crippen MR) is 77.9 cm³/mol. The molecule has 0 aliphatic carbocycles. The Morgan fingerprint density at radius 3 is 2.43 bits per heavy atom. The fraction of sp³-hybridized carbons (Fsp3) is 0.786. The van der Waals surface area contributed by atoms with Gasteiger partial charge in [-0.15, -0.1) is 0 Å². The molecule has 1 atom stereocenters. The highest BCUT2D eigenvalue weighted by Crippen LogP contribution is 2.09. The average Bonchev–Trinajstić information content (AvgIpc) is 2.96. The van der Waals surface area contributed by atoms with Crippen LogP contribution in [0.5, 0.6) is 0 Å². The van der Waals surface area contributed by atoms with Gasteiger partial charge in [-0.25, -0.2) is 4.79 Å². The Balaban J connectivity index is 2.05. The number of carbonyl (C=O) groups is 3. The first-order valence-corrected chi connectivity index (χ1v) is 7.50. The zero-order valence-corrected chi connectivity index (χ0v) is 12.6. The van der Waals surface area contributed by atoms with Crippen LogP contribution in [0.15, 0.2) is 0 Å². The molecule has 120 valence electrons. The first-order chi connectivity index (χ1) is 9.99. The van der Waals surface area contributed by atoms with Crippen molar-refractivity contribution in [2.45, 2.75) is 39.0 Å². The second kappa shape index (κ2) is 9.20. The number of hydrogen-bond donors (Lipinski definition) is 3. The third kappa shape index (κ3) is 7.53. The molecule has 3 N–H and O–H groups in total. The molecule has 0 aromatic rings. The van der Waals surface area contributed by atoms with E-state index in [0.717, 1.165) is 32.4 Å². The molecule has 1 saturated heterocycles. The van der Waals surface area contributed by atoms with E-state index in [1.807, 2.05) is 6.92 Å². The Labute approximate surface area is 125 Å². The minimum Gasteiger partial charge on any atom is -0.481 e. The summed E-state index contributed by atoms with van der Waals surface area (Å²) >= 11 is 0. The normalized spacial score (nSPS) is 15.6. The Morgan fingerprint density at radius 1 is 1.14 bits per heavy atom. The minimum absolute atomic E-state index is 0.0282. The van der Waals surface area contributed by atoms with Gasteiger partial charge in [0.1, 0.15) is 0 Å². The van der Waals surface area contributed by atoms with Crippen LogP contribution in [0.3, 0.4) is 0 Å². The van der Waals surface area contributed by atoms with Gasteiger partial charge in [0.2, 0.25) is 5.91 Å². The maximum absolute atomic E-state index is 11.7. The van der Waals surface area contributed by atoms with Crippen LogP contribution in [-0.4, -0.2) is 54.1 Å². The zero-order valence-electron chi connectivity index (χ0n) is 12.6. The fourth-order valence-electron chi connectivity index (χ4n) is 2.24. The molecule has 1 aliphatic heterocycles. The summed E-state index contributed by atoms with van der Waals surface area (Å²) in [6, 6.07) is -0.354. The maximum Gasteiger partial charge on any atom is 0.315 e. The van der Waals surface area contributed by atoms with Gasteiger partial charge in [0, 0.05) is 26.1 Å². The van der Waals surface area contributed by atoms with Crippen molar-refractivity contribution in [2.75, 3.05) is 26.2 Å². The number of nitrogens with one attached hydrogen (secondary N) is 2. The van der Waals surface area contributed by atoms with Crippen molar-refractivity contribution in [3.8, 4) is 0 Å². The molecule has 0 aromatic carbocycles. The van der Waals surface area contributed by atoms with Crippen molar-refractivity contribution < 1.29 is 19.5 Å². The molecule has 7 heteroatoms. The second-order valence-electron chi connectivity index (χ2n) is 5.52. The molecular weight excluding hydrogens is 274 g/mol. The van der Waals surface area contributed by atoms with Crippen LogP contribution >= 0.6 is 0 Å². The highest BCUT2D eigenvalue weighted by atomic mass is 16.4. The lowest BCUT2D eigenvalue weighted by atomic mass is 10.0. The SMILES string of the molecule is CC(CCNC(=O)NCC(=O)N1CCCC1)CCC(=O)O. The van der Waals surface area contributed by atoms with Crippen LogP contribution in [0.4, 0.5) is 4.79 Å². The number of urea groups is 1. The van der Waals surface area contributed by atoms with E-state index in [9.17, 15) is 14.4 Å². The Hall–Kier alpha value is -1.79. The summed E-state index contributed by atoms with van der Waals surface area (Å²) in [5.74, 6) is -0.599. The van der Waals surface area contributed by atoms with Gasteiger partial charge in [-0.2, -0.15) is 0 Å². The molecule has 3 amide bonds. The van der Waals surface area contributed by atoms with E-state index in [1.54, 1.807) is 4.90 Å².